The van der Waals surface area contributed by atoms with Gasteiger partial charge < -0.3 is 14.4 Å². The van der Waals surface area contributed by atoms with Crippen LogP contribution < -0.4 is 0 Å². The van der Waals surface area contributed by atoms with E-state index in [1.807, 2.05) is 0 Å². The molecule has 0 amide bonds. The molecule has 1 rings (SSSR count). The zero-order chi connectivity index (χ0) is 16.6. The third-order valence-corrected chi connectivity index (χ3v) is 3.91. The van der Waals surface area contributed by atoms with Gasteiger partial charge in [0.15, 0.2) is 5.41 Å². The van der Waals surface area contributed by atoms with Gasteiger partial charge in [0, 0.05) is 32.7 Å². The van der Waals surface area contributed by atoms with Crippen molar-refractivity contribution in [3.63, 3.8) is 0 Å². The molecule has 1 aliphatic heterocycles. The fraction of sp³-hybridized carbons (Fsp3) is 0.750. The molecule has 0 spiro atoms. The van der Waals surface area contributed by atoms with Crippen LogP contribution in [0.3, 0.4) is 0 Å². The molecule has 1 aliphatic rings. The van der Waals surface area contributed by atoms with Gasteiger partial charge >= 0.3 is 11.9 Å². The van der Waals surface area contributed by atoms with Gasteiger partial charge in [-0.15, -0.1) is 6.58 Å². The van der Waals surface area contributed by atoms with E-state index in [0.717, 1.165) is 26.2 Å². The molecule has 0 aromatic rings. The fourth-order valence-corrected chi connectivity index (χ4v) is 2.62. The van der Waals surface area contributed by atoms with E-state index in [1.165, 1.54) is 0 Å². The highest BCUT2D eigenvalue weighted by Gasteiger charge is 2.49. The van der Waals surface area contributed by atoms with Crippen LogP contribution in [-0.2, 0) is 19.1 Å². The topological polar surface area (TPSA) is 59.1 Å². The highest BCUT2D eigenvalue weighted by Crippen LogP contribution is 2.29. The molecule has 0 aromatic heterocycles. The third-order valence-electron chi connectivity index (χ3n) is 3.91. The Morgan fingerprint density at radius 2 is 1.59 bits per heavy atom. The summed E-state index contributed by atoms with van der Waals surface area (Å²) in [6, 6.07) is 0. The third kappa shape index (κ3) is 4.55. The average molecular weight is 312 g/mol. The molecule has 0 saturated carbocycles. The van der Waals surface area contributed by atoms with Crippen LogP contribution in [0, 0.1) is 5.41 Å². The van der Waals surface area contributed by atoms with E-state index >= 15 is 0 Å². The maximum absolute atomic E-state index is 12.5. The number of likely N-dealkylation sites (N-methyl/N-ethyl adjacent to an activating group) is 1. The predicted octanol–water partition coefficient (Wildman–Crippen LogP) is 0.923. The van der Waals surface area contributed by atoms with E-state index in [-0.39, 0.29) is 19.6 Å². The summed E-state index contributed by atoms with van der Waals surface area (Å²) >= 11 is 0. The molecular weight excluding hydrogens is 284 g/mol. The van der Waals surface area contributed by atoms with Crippen LogP contribution in [0.5, 0.6) is 0 Å². The molecule has 0 unspecified atom stereocenters. The van der Waals surface area contributed by atoms with Crippen molar-refractivity contribution in [2.75, 3.05) is 53.0 Å². The van der Waals surface area contributed by atoms with Gasteiger partial charge in [-0.05, 0) is 27.3 Å². The van der Waals surface area contributed by atoms with Gasteiger partial charge in [0.05, 0.1) is 13.2 Å². The number of rotatable bonds is 8. The van der Waals surface area contributed by atoms with Crippen LogP contribution in [-0.4, -0.2) is 74.7 Å². The molecule has 0 aromatic carbocycles. The Balaban J connectivity index is 2.97. The van der Waals surface area contributed by atoms with Crippen LogP contribution in [0.4, 0.5) is 0 Å². The Labute approximate surface area is 133 Å². The first-order valence-corrected chi connectivity index (χ1v) is 7.86. The van der Waals surface area contributed by atoms with Crippen LogP contribution in [0.1, 0.15) is 20.3 Å². The predicted molar refractivity (Wildman–Crippen MR) is 84.5 cm³/mol. The number of piperazine rings is 1. The van der Waals surface area contributed by atoms with E-state index in [1.54, 1.807) is 19.9 Å². The van der Waals surface area contributed by atoms with Crippen molar-refractivity contribution < 1.29 is 19.1 Å². The van der Waals surface area contributed by atoms with Gasteiger partial charge in [-0.25, -0.2) is 0 Å². The second kappa shape index (κ2) is 8.90. The maximum Gasteiger partial charge on any atom is 0.325 e. The molecule has 6 nitrogen and oxygen atoms in total. The monoisotopic (exact) mass is 312 g/mol. The molecule has 126 valence electrons. The van der Waals surface area contributed by atoms with Crippen molar-refractivity contribution in [2.24, 2.45) is 5.41 Å². The second-order valence-corrected chi connectivity index (χ2v) is 5.60. The van der Waals surface area contributed by atoms with Crippen LogP contribution >= 0.6 is 0 Å². The van der Waals surface area contributed by atoms with Crippen molar-refractivity contribution >= 4 is 11.9 Å². The Bertz CT molecular complexity index is 372. The fourth-order valence-electron chi connectivity index (χ4n) is 2.62. The summed E-state index contributed by atoms with van der Waals surface area (Å²) in [5.41, 5.74) is -1.32. The summed E-state index contributed by atoms with van der Waals surface area (Å²) in [7, 11) is 2.06. The van der Waals surface area contributed by atoms with Gasteiger partial charge in [0.25, 0.3) is 0 Å². The SMILES string of the molecule is C=CCC(CN1CCN(C)CC1)(C(=O)OCC)C(=O)OCC. The molecule has 0 bridgehead atoms. The number of nitrogens with zero attached hydrogens (tertiary/aromatic N) is 2. The molecule has 0 radical (unpaired) electrons. The van der Waals surface area contributed by atoms with Crippen molar-refractivity contribution in [1.29, 1.82) is 0 Å². The maximum atomic E-state index is 12.5. The van der Waals surface area contributed by atoms with E-state index < -0.39 is 17.4 Å². The van der Waals surface area contributed by atoms with Gasteiger partial charge in [0.2, 0.25) is 0 Å². The first kappa shape index (κ1) is 18.6. The van der Waals surface area contributed by atoms with E-state index in [4.69, 9.17) is 9.47 Å². The number of allylic oxidation sites excluding steroid dienone is 1. The summed E-state index contributed by atoms with van der Waals surface area (Å²) in [4.78, 5) is 29.3. The first-order chi connectivity index (χ1) is 10.5. The van der Waals surface area contributed by atoms with E-state index in [0.29, 0.717) is 6.54 Å². The highest BCUT2D eigenvalue weighted by atomic mass is 16.6. The lowest BCUT2D eigenvalue weighted by atomic mass is 9.83. The Morgan fingerprint density at radius 1 is 1.09 bits per heavy atom. The zero-order valence-electron chi connectivity index (χ0n) is 14.0. The van der Waals surface area contributed by atoms with Gasteiger partial charge in [0.1, 0.15) is 0 Å². The summed E-state index contributed by atoms with van der Waals surface area (Å²) in [6.45, 7) is 11.4. The largest absolute Gasteiger partial charge is 0.465 e. The lowest BCUT2D eigenvalue weighted by Gasteiger charge is -2.38. The van der Waals surface area contributed by atoms with Gasteiger partial charge in [-0.1, -0.05) is 6.08 Å². The number of ether oxygens (including phenoxy) is 2. The van der Waals surface area contributed by atoms with Crippen LogP contribution in [0.25, 0.3) is 0 Å². The van der Waals surface area contributed by atoms with Gasteiger partial charge in [-0.2, -0.15) is 0 Å². The number of carbonyl (C=O) groups is 2. The minimum absolute atomic E-state index is 0.219. The molecule has 22 heavy (non-hydrogen) atoms. The molecule has 0 N–H and O–H groups in total. The summed E-state index contributed by atoms with van der Waals surface area (Å²) in [5, 5.41) is 0. The minimum atomic E-state index is -1.32. The van der Waals surface area contributed by atoms with Crippen molar-refractivity contribution in [1.82, 2.24) is 9.80 Å². The van der Waals surface area contributed by atoms with Crippen LogP contribution in [0.2, 0.25) is 0 Å². The lowest BCUT2D eigenvalue weighted by molar-refractivity contribution is -0.173. The lowest BCUT2D eigenvalue weighted by Crippen LogP contribution is -2.54. The smallest absolute Gasteiger partial charge is 0.325 e. The zero-order valence-corrected chi connectivity index (χ0v) is 14.0. The summed E-state index contributed by atoms with van der Waals surface area (Å²) < 4.78 is 10.3. The summed E-state index contributed by atoms with van der Waals surface area (Å²) in [6.07, 6.45) is 1.81. The molecule has 1 heterocycles. The quantitative estimate of drug-likeness (QED) is 0.377. The number of hydrogen-bond acceptors (Lipinski definition) is 6. The van der Waals surface area contributed by atoms with Gasteiger partial charge in [-0.3, -0.25) is 14.5 Å². The number of carbonyl (C=O) groups excluding carboxylic acids is 2. The molecule has 0 atom stereocenters. The Hall–Kier alpha value is -1.40. The first-order valence-electron chi connectivity index (χ1n) is 7.86. The van der Waals surface area contributed by atoms with Crippen molar-refractivity contribution in [3.8, 4) is 0 Å². The van der Waals surface area contributed by atoms with Crippen molar-refractivity contribution in [2.45, 2.75) is 20.3 Å². The van der Waals surface area contributed by atoms with E-state index in [9.17, 15) is 9.59 Å². The molecular formula is C16H28N2O4. The van der Waals surface area contributed by atoms with Crippen LogP contribution in [0.15, 0.2) is 12.7 Å². The highest BCUT2D eigenvalue weighted by molar-refractivity contribution is 6.00. The normalized spacial score (nSPS) is 17.0. The Kier molecular flexibility index (Phi) is 7.55. The average Bonchev–Trinajstić information content (AvgIpc) is 2.49. The molecule has 1 fully saturated rings. The molecule has 1 saturated heterocycles. The standard InChI is InChI=1S/C16H28N2O4/c1-5-8-16(14(19)21-6-2,15(20)22-7-3)13-18-11-9-17(4)10-12-18/h5H,1,6-13H2,2-4H3. The minimum Gasteiger partial charge on any atom is -0.465 e. The number of esters is 2. The molecule has 6 heteroatoms. The molecule has 0 aliphatic carbocycles. The summed E-state index contributed by atoms with van der Waals surface area (Å²) in [5.74, 6) is -1.04. The van der Waals surface area contributed by atoms with Crippen molar-refractivity contribution in [3.05, 3.63) is 12.7 Å². The van der Waals surface area contributed by atoms with E-state index in [2.05, 4.69) is 23.4 Å². The Morgan fingerprint density at radius 3 is 2.00 bits per heavy atom. The number of hydrogen-bond donors (Lipinski definition) is 0. The second-order valence-electron chi connectivity index (χ2n) is 5.60.